The van der Waals surface area contributed by atoms with Gasteiger partial charge in [-0.15, -0.1) is 0 Å². The fourth-order valence-corrected chi connectivity index (χ4v) is 2.77. The zero-order chi connectivity index (χ0) is 15.5. The Kier molecular flexibility index (Phi) is 4.27. The Morgan fingerprint density at radius 3 is 2.52 bits per heavy atom. The second-order valence-corrected chi connectivity index (χ2v) is 5.17. The molecule has 21 heavy (non-hydrogen) atoms. The van der Waals surface area contributed by atoms with E-state index in [0.717, 1.165) is 5.56 Å². The number of methoxy groups -OCH3 is 2. The second kappa shape index (κ2) is 5.96. The average Bonchev–Trinajstić information content (AvgIpc) is 2.55. The number of benzene rings is 1. The van der Waals surface area contributed by atoms with Gasteiger partial charge in [-0.2, -0.15) is 5.26 Å². The first-order valence-corrected chi connectivity index (χ1v) is 6.72. The van der Waals surface area contributed by atoms with Crippen molar-refractivity contribution >= 4 is 11.8 Å². The highest BCUT2D eigenvalue weighted by Crippen LogP contribution is 2.41. The molecule has 0 N–H and O–H groups in total. The summed E-state index contributed by atoms with van der Waals surface area (Å²) in [5.41, 5.74) is -0.0360. The van der Waals surface area contributed by atoms with Crippen LogP contribution in [0.3, 0.4) is 0 Å². The minimum atomic E-state index is -0.856. The maximum Gasteiger partial charge on any atom is 0.316 e. The molecule has 5 nitrogen and oxygen atoms in total. The lowest BCUT2D eigenvalue weighted by Crippen LogP contribution is -2.40. The van der Waals surface area contributed by atoms with Crippen molar-refractivity contribution in [2.24, 2.45) is 5.92 Å². The van der Waals surface area contributed by atoms with E-state index in [9.17, 15) is 14.9 Å². The highest BCUT2D eigenvalue weighted by molar-refractivity contribution is 6.00. The zero-order valence-corrected chi connectivity index (χ0v) is 12.1. The minimum absolute atomic E-state index is 0.152. The van der Waals surface area contributed by atoms with Crippen LogP contribution in [0.5, 0.6) is 5.75 Å². The third-order valence-electron chi connectivity index (χ3n) is 4.08. The highest BCUT2D eigenvalue weighted by Gasteiger charge is 2.45. The van der Waals surface area contributed by atoms with E-state index >= 15 is 0 Å². The molecule has 0 saturated heterocycles. The van der Waals surface area contributed by atoms with E-state index in [1.807, 2.05) is 12.1 Å². The van der Waals surface area contributed by atoms with Crippen LogP contribution in [-0.4, -0.2) is 26.0 Å². The van der Waals surface area contributed by atoms with Gasteiger partial charge in [0.15, 0.2) is 0 Å². The van der Waals surface area contributed by atoms with Gasteiger partial charge in [-0.1, -0.05) is 12.1 Å². The summed E-state index contributed by atoms with van der Waals surface area (Å²) in [5.74, 6) is -0.872. The summed E-state index contributed by atoms with van der Waals surface area (Å²) in [4.78, 5) is 23.6. The molecule has 0 aliphatic heterocycles. The van der Waals surface area contributed by atoms with Crippen LogP contribution in [0, 0.1) is 17.2 Å². The topological polar surface area (TPSA) is 76.4 Å². The quantitative estimate of drug-likeness (QED) is 0.627. The molecule has 0 bridgehead atoms. The first-order chi connectivity index (χ1) is 10.1. The van der Waals surface area contributed by atoms with E-state index in [4.69, 9.17) is 4.74 Å². The Morgan fingerprint density at radius 1 is 1.33 bits per heavy atom. The molecular formula is C16H17NO4. The number of nitrogens with zero attached hydrogens (tertiary/aromatic N) is 1. The predicted molar refractivity (Wildman–Crippen MR) is 74.6 cm³/mol. The summed E-state index contributed by atoms with van der Waals surface area (Å²) in [6.07, 6.45) is 0.794. The smallest absolute Gasteiger partial charge is 0.316 e. The lowest BCUT2D eigenvalue weighted by Gasteiger charge is -2.34. The van der Waals surface area contributed by atoms with Gasteiger partial charge in [-0.05, 0) is 30.5 Å². The molecule has 1 aliphatic rings. The Hall–Kier alpha value is -2.35. The standard InChI is InChI=1S/C16H17NO4/c1-20-12-5-3-11(4-6-12)16(10-17)8-7-14(18)13(9-16)15(19)21-2/h3-6,13H,7-9H2,1-2H3/t13-,16-/m1/s1. The molecule has 0 radical (unpaired) electrons. The fourth-order valence-electron chi connectivity index (χ4n) is 2.77. The number of carbonyl (C=O) groups is 2. The van der Waals surface area contributed by atoms with Crippen molar-refractivity contribution in [3.8, 4) is 11.8 Å². The Bertz CT molecular complexity index is 579. The Balaban J connectivity index is 2.34. The zero-order valence-electron chi connectivity index (χ0n) is 12.1. The van der Waals surface area contributed by atoms with E-state index < -0.39 is 17.3 Å². The van der Waals surface area contributed by atoms with Gasteiger partial charge in [0.1, 0.15) is 17.5 Å². The largest absolute Gasteiger partial charge is 0.497 e. The number of rotatable bonds is 3. The van der Waals surface area contributed by atoms with E-state index in [1.165, 1.54) is 7.11 Å². The van der Waals surface area contributed by atoms with Gasteiger partial charge >= 0.3 is 5.97 Å². The lowest BCUT2D eigenvalue weighted by atomic mass is 9.66. The highest BCUT2D eigenvalue weighted by atomic mass is 16.5. The van der Waals surface area contributed by atoms with E-state index in [2.05, 4.69) is 10.8 Å². The van der Waals surface area contributed by atoms with Crippen LogP contribution in [0.25, 0.3) is 0 Å². The van der Waals surface area contributed by atoms with Crippen molar-refractivity contribution in [2.75, 3.05) is 14.2 Å². The summed E-state index contributed by atoms with van der Waals surface area (Å²) in [6.45, 7) is 0. The second-order valence-electron chi connectivity index (χ2n) is 5.17. The van der Waals surface area contributed by atoms with E-state index in [1.54, 1.807) is 19.2 Å². The van der Waals surface area contributed by atoms with Crippen molar-refractivity contribution in [3.63, 3.8) is 0 Å². The van der Waals surface area contributed by atoms with Crippen LogP contribution >= 0.6 is 0 Å². The van der Waals surface area contributed by atoms with Gasteiger partial charge in [0, 0.05) is 6.42 Å². The van der Waals surface area contributed by atoms with Gasteiger partial charge < -0.3 is 9.47 Å². The molecule has 2 rings (SSSR count). The summed E-state index contributed by atoms with van der Waals surface area (Å²) < 4.78 is 9.79. The molecule has 1 aromatic carbocycles. The number of hydrogen-bond donors (Lipinski definition) is 0. The van der Waals surface area contributed by atoms with Crippen molar-refractivity contribution in [2.45, 2.75) is 24.7 Å². The summed E-state index contributed by atoms with van der Waals surface area (Å²) in [6, 6.07) is 9.47. The normalized spacial score (nSPS) is 25.0. The Labute approximate surface area is 123 Å². The van der Waals surface area contributed by atoms with Crippen LogP contribution in [0.4, 0.5) is 0 Å². The molecule has 110 valence electrons. The first-order valence-electron chi connectivity index (χ1n) is 6.72. The molecular weight excluding hydrogens is 270 g/mol. The number of Topliss-reactive ketones (excluding diaryl/α,β-unsaturated/α-hetero) is 1. The third kappa shape index (κ3) is 2.75. The van der Waals surface area contributed by atoms with Gasteiger partial charge in [0.25, 0.3) is 0 Å². The molecule has 0 aromatic heterocycles. The maximum atomic E-state index is 11.9. The molecule has 0 heterocycles. The summed E-state index contributed by atoms with van der Waals surface area (Å²) in [7, 11) is 2.83. The van der Waals surface area contributed by atoms with Gasteiger partial charge in [0.05, 0.1) is 25.7 Å². The predicted octanol–water partition coefficient (Wildman–Crippen LogP) is 2.00. The van der Waals surface area contributed by atoms with Crippen LogP contribution < -0.4 is 4.74 Å². The van der Waals surface area contributed by atoms with Crippen LogP contribution in [0.2, 0.25) is 0 Å². The molecule has 2 atom stereocenters. The SMILES string of the molecule is COC(=O)[C@@H]1C[C@](C#N)(c2ccc(OC)cc2)CCC1=O. The molecule has 0 spiro atoms. The number of carbonyl (C=O) groups excluding carboxylic acids is 2. The molecule has 1 fully saturated rings. The number of ether oxygens (including phenoxy) is 2. The van der Waals surface area contributed by atoms with Crippen molar-refractivity contribution in [3.05, 3.63) is 29.8 Å². The summed E-state index contributed by atoms with van der Waals surface area (Å²) >= 11 is 0. The van der Waals surface area contributed by atoms with Crippen molar-refractivity contribution < 1.29 is 19.1 Å². The maximum absolute atomic E-state index is 11.9. The van der Waals surface area contributed by atoms with Crippen LogP contribution in [0.1, 0.15) is 24.8 Å². The average molecular weight is 287 g/mol. The van der Waals surface area contributed by atoms with Gasteiger partial charge in [-0.3, -0.25) is 9.59 Å². The molecule has 0 amide bonds. The van der Waals surface area contributed by atoms with Crippen molar-refractivity contribution in [1.29, 1.82) is 5.26 Å². The number of ketones is 1. The van der Waals surface area contributed by atoms with E-state index in [0.29, 0.717) is 12.2 Å². The molecule has 0 unspecified atom stereocenters. The molecule has 1 aliphatic carbocycles. The molecule has 5 heteroatoms. The monoisotopic (exact) mass is 287 g/mol. The lowest BCUT2D eigenvalue weighted by molar-refractivity contribution is -0.151. The van der Waals surface area contributed by atoms with Crippen LogP contribution in [0.15, 0.2) is 24.3 Å². The summed E-state index contributed by atoms with van der Waals surface area (Å²) in [5, 5.41) is 9.64. The third-order valence-corrected chi connectivity index (χ3v) is 4.08. The van der Waals surface area contributed by atoms with Crippen molar-refractivity contribution in [1.82, 2.24) is 0 Å². The van der Waals surface area contributed by atoms with Crippen LogP contribution in [-0.2, 0) is 19.7 Å². The number of nitriles is 1. The van der Waals surface area contributed by atoms with Gasteiger partial charge in [-0.25, -0.2) is 0 Å². The minimum Gasteiger partial charge on any atom is -0.497 e. The number of hydrogen-bond acceptors (Lipinski definition) is 5. The fraction of sp³-hybridized carbons (Fsp3) is 0.438. The molecule has 1 aromatic rings. The Morgan fingerprint density at radius 2 is 2.00 bits per heavy atom. The van der Waals surface area contributed by atoms with E-state index in [-0.39, 0.29) is 18.6 Å². The van der Waals surface area contributed by atoms with Gasteiger partial charge in [0.2, 0.25) is 0 Å². The number of esters is 1. The molecule has 1 saturated carbocycles. The first kappa shape index (κ1) is 15.0.